The molecule has 312 valence electrons. The van der Waals surface area contributed by atoms with Crippen molar-refractivity contribution >= 4 is 11.0 Å². The molecule has 2 aromatic heterocycles. The Morgan fingerprint density at radius 3 is 1.87 bits per heavy atom. The number of para-hydroxylation sites is 2. The van der Waals surface area contributed by atoms with Gasteiger partial charge in [-0.2, -0.15) is 0 Å². The maximum absolute atomic E-state index is 11.5. The number of aromatic hydroxyl groups is 1. The van der Waals surface area contributed by atoms with E-state index >= 15 is 0 Å². The van der Waals surface area contributed by atoms with Crippen molar-refractivity contribution in [3.05, 3.63) is 193 Å². The first-order valence-corrected chi connectivity index (χ1v) is 21.1. The van der Waals surface area contributed by atoms with Gasteiger partial charge in [0.05, 0.1) is 28.0 Å². The van der Waals surface area contributed by atoms with Gasteiger partial charge in [-0.05, 0) is 127 Å². The lowest BCUT2D eigenvalue weighted by Crippen LogP contribution is -2.10. The van der Waals surface area contributed by atoms with Crippen molar-refractivity contribution in [1.29, 1.82) is 0 Å². The van der Waals surface area contributed by atoms with Crippen LogP contribution in [0, 0.1) is 0 Å². The van der Waals surface area contributed by atoms with Gasteiger partial charge in [-0.15, -0.1) is 0 Å². The monoisotopic (exact) mass is 831 g/mol. The number of pyridine rings is 1. The smallest absolute Gasteiger partial charge is 0.149 e. The molecule has 2 heterocycles. The largest absolute Gasteiger partial charge is 0.507 e. The van der Waals surface area contributed by atoms with Crippen molar-refractivity contribution in [2.45, 2.75) is 71.9 Å². The zero-order chi connectivity index (χ0) is 52.5. The van der Waals surface area contributed by atoms with E-state index < -0.39 is 31.9 Å². The zero-order valence-corrected chi connectivity index (χ0v) is 36.0. The van der Waals surface area contributed by atoms with E-state index in [9.17, 15) is 5.11 Å². The van der Waals surface area contributed by atoms with Crippen molar-refractivity contribution in [1.82, 2.24) is 14.5 Å². The fourth-order valence-corrected chi connectivity index (χ4v) is 8.25. The second-order valence-electron chi connectivity index (χ2n) is 17.4. The molecule has 63 heavy (non-hydrogen) atoms. The second-order valence-corrected chi connectivity index (χ2v) is 17.4. The molecule has 0 bridgehead atoms. The number of imidazole rings is 1. The molecule has 0 saturated carbocycles. The van der Waals surface area contributed by atoms with Gasteiger partial charge in [0.1, 0.15) is 11.6 Å². The molecule has 0 radical (unpaired) electrons. The second kappa shape index (κ2) is 16.3. The van der Waals surface area contributed by atoms with Crippen LogP contribution in [0.25, 0.3) is 83.9 Å². The molecule has 0 unspecified atom stereocenters. The third kappa shape index (κ3) is 8.22. The van der Waals surface area contributed by atoms with Crippen LogP contribution in [-0.2, 0) is 10.8 Å². The molecule has 1 N–H and O–H groups in total. The van der Waals surface area contributed by atoms with Crippen LogP contribution in [0.5, 0.6) is 5.75 Å². The summed E-state index contributed by atoms with van der Waals surface area (Å²) >= 11 is 0. The number of aromatic nitrogens is 3. The van der Waals surface area contributed by atoms with Crippen molar-refractivity contribution < 1.29 is 18.8 Å². The van der Waals surface area contributed by atoms with Crippen molar-refractivity contribution in [2.75, 3.05) is 0 Å². The fourth-order valence-electron chi connectivity index (χ4n) is 8.25. The highest BCUT2D eigenvalue weighted by Gasteiger charge is 2.24. The summed E-state index contributed by atoms with van der Waals surface area (Å²) in [6, 6.07) is 53.5. The molecule has 9 rings (SSSR count). The first kappa shape index (κ1) is 30.9. The van der Waals surface area contributed by atoms with Crippen LogP contribution in [0.15, 0.2) is 176 Å². The Balaban J connectivity index is 1.23. The van der Waals surface area contributed by atoms with E-state index in [0.29, 0.717) is 33.7 Å². The Hall–Kier alpha value is -7.04. The van der Waals surface area contributed by atoms with Crippen LogP contribution in [-0.4, -0.2) is 19.6 Å². The Morgan fingerprint density at radius 1 is 0.540 bits per heavy atom. The van der Waals surface area contributed by atoms with Crippen molar-refractivity contribution in [3.8, 4) is 78.6 Å². The van der Waals surface area contributed by atoms with Gasteiger partial charge in [-0.25, -0.2) is 4.98 Å². The van der Waals surface area contributed by atoms with Crippen molar-refractivity contribution in [2.24, 2.45) is 0 Å². The van der Waals surface area contributed by atoms with E-state index in [0.717, 1.165) is 55.7 Å². The third-order valence-electron chi connectivity index (χ3n) is 11.8. The van der Waals surface area contributed by atoms with Crippen LogP contribution in [0.3, 0.4) is 0 Å². The van der Waals surface area contributed by atoms with Gasteiger partial charge in [0.15, 0.2) is 0 Å². The van der Waals surface area contributed by atoms with Gasteiger partial charge in [-0.1, -0.05) is 164 Å². The predicted molar refractivity (Wildman–Crippen MR) is 265 cm³/mol. The average molecular weight is 832 g/mol. The molecule has 0 spiro atoms. The number of hydrogen-bond acceptors (Lipinski definition) is 3. The topological polar surface area (TPSA) is 50.9 Å². The highest BCUT2D eigenvalue weighted by molar-refractivity contribution is 5.98. The van der Waals surface area contributed by atoms with Crippen LogP contribution >= 0.6 is 0 Å². The number of rotatable bonds is 8. The lowest BCUT2D eigenvalue weighted by molar-refractivity contribution is 0.477. The molecule has 0 amide bonds. The normalized spacial score (nSPS) is 15.1. The average Bonchev–Trinajstić information content (AvgIpc) is 3.72. The Morgan fingerprint density at radius 2 is 1.17 bits per heavy atom. The minimum absolute atomic E-state index is 0.0581. The van der Waals surface area contributed by atoms with Gasteiger partial charge >= 0.3 is 0 Å². The Kier molecular flexibility index (Phi) is 8.02. The maximum atomic E-state index is 11.5. The molecule has 7 aromatic carbocycles. The summed E-state index contributed by atoms with van der Waals surface area (Å²) in [5.74, 6) is -0.290. The first-order valence-electron chi connectivity index (χ1n) is 26.1. The number of hydrogen-bond donors (Lipinski definition) is 1. The molecule has 4 nitrogen and oxygen atoms in total. The third-order valence-corrected chi connectivity index (χ3v) is 11.8. The molecular formula is C59H55N3O. The van der Waals surface area contributed by atoms with Crippen LogP contribution in [0.4, 0.5) is 0 Å². The summed E-state index contributed by atoms with van der Waals surface area (Å²) < 4.78 is 85.0. The summed E-state index contributed by atoms with van der Waals surface area (Å²) in [5.41, 5.74) is 9.43. The number of phenolic OH excluding ortho intramolecular Hbond substituents is 1. The number of nitrogens with zero attached hydrogens (tertiary/aromatic N) is 3. The molecule has 9 aromatic rings. The highest BCUT2D eigenvalue weighted by Crippen LogP contribution is 2.42. The molecule has 0 aliphatic carbocycles. The van der Waals surface area contributed by atoms with E-state index in [4.69, 9.17) is 23.7 Å². The number of fused-ring (bicyclic) bond motifs is 1. The van der Waals surface area contributed by atoms with E-state index in [1.165, 1.54) is 17.7 Å². The quantitative estimate of drug-likeness (QED) is 0.166. The summed E-state index contributed by atoms with van der Waals surface area (Å²) in [5, 5.41) is 11.5. The minimum atomic E-state index is -3.38. The fraction of sp³-hybridized carbons (Fsp3) is 0.186. The molecule has 0 aliphatic heterocycles. The Bertz CT molecular complexity index is 3450. The van der Waals surface area contributed by atoms with E-state index in [-0.39, 0.29) is 16.7 Å². The van der Waals surface area contributed by atoms with Crippen LogP contribution in [0.1, 0.15) is 91.5 Å². The summed E-state index contributed by atoms with van der Waals surface area (Å²) in [6.07, 6.45) is 1.66. The SMILES string of the molecule is [2H]C(C)(C)c1ccc(-n2c(-c3ccccc3O)nc3c(-c4cc(-c5ccccc5)cc(-c5cc(-c6ccc(C(C([2H])([2H])[2H])(C([2H])([2H])[2H])C([2H])([2H])[2H])cc6)ccn5)c4)cccc32)c(-c2ccc(C(C)(C)C)cc2)c1. The lowest BCUT2D eigenvalue weighted by Gasteiger charge is -2.21. The molecule has 0 atom stereocenters. The standard InChI is InChI=1S/C59H55N3O/c1-38(2)42-25-30-53(51(36-42)41-23-28-48(29-24-41)59(6,7)8)62-54-19-14-18-49(56(54)61-57(62)50-17-12-13-20-55(50)63)45-33-44(39-15-10-9-11-16-39)34-46(35-45)52-37-43(31-32-60-52)40-21-26-47(27-22-40)58(3,4)5/h9-38,63H,1-8H3/i3D3,4D3,5D3,38D. The predicted octanol–water partition coefficient (Wildman–Crippen LogP) is 15.8. The highest BCUT2D eigenvalue weighted by atomic mass is 16.3. The van der Waals surface area contributed by atoms with Gasteiger partial charge in [0, 0.05) is 36.6 Å². The molecule has 0 saturated heterocycles. The van der Waals surface area contributed by atoms with Gasteiger partial charge in [0.2, 0.25) is 0 Å². The summed E-state index contributed by atoms with van der Waals surface area (Å²) in [7, 11) is 0. The van der Waals surface area contributed by atoms with E-state index in [1.54, 1.807) is 36.5 Å². The van der Waals surface area contributed by atoms with Gasteiger partial charge < -0.3 is 5.11 Å². The van der Waals surface area contributed by atoms with Crippen LogP contribution in [0.2, 0.25) is 0 Å². The molecular weight excluding hydrogens is 767 g/mol. The molecule has 4 heteroatoms. The lowest BCUT2D eigenvalue weighted by atomic mass is 9.86. The molecule has 0 aliphatic rings. The number of benzene rings is 7. The van der Waals surface area contributed by atoms with Gasteiger partial charge in [0.25, 0.3) is 0 Å². The summed E-state index contributed by atoms with van der Waals surface area (Å²) in [6.45, 7) is 0.183. The van der Waals surface area contributed by atoms with E-state index in [2.05, 4.69) is 73.9 Å². The van der Waals surface area contributed by atoms with Crippen LogP contribution < -0.4 is 0 Å². The number of phenols is 1. The summed E-state index contributed by atoms with van der Waals surface area (Å²) in [4.78, 5) is 10.2. The van der Waals surface area contributed by atoms with E-state index in [1.807, 2.05) is 92.7 Å². The molecule has 0 fully saturated rings. The first-order chi connectivity index (χ1) is 34.3. The van der Waals surface area contributed by atoms with Gasteiger partial charge in [-0.3, -0.25) is 9.55 Å². The Labute approximate surface area is 386 Å². The minimum Gasteiger partial charge on any atom is -0.507 e. The zero-order valence-electron chi connectivity index (χ0n) is 46.0. The van der Waals surface area contributed by atoms with Crippen molar-refractivity contribution in [3.63, 3.8) is 0 Å². The maximum Gasteiger partial charge on any atom is 0.149 e.